The Kier molecular flexibility index (Phi) is 8.62. The topological polar surface area (TPSA) is 44.8 Å². The summed E-state index contributed by atoms with van der Waals surface area (Å²) in [6.45, 7) is 15.2. The summed E-state index contributed by atoms with van der Waals surface area (Å²) in [6.07, 6.45) is 0.629. The minimum atomic E-state index is -0.430. The minimum absolute atomic E-state index is 0.0799. The van der Waals surface area contributed by atoms with Gasteiger partial charge in [0.2, 0.25) is 0 Å². The molecule has 0 saturated carbocycles. The normalized spacial score (nSPS) is 11.4. The maximum Gasteiger partial charge on any atom is 0.333 e. The molecule has 0 N–H and O–H groups in total. The van der Waals surface area contributed by atoms with Crippen LogP contribution in [0.25, 0.3) is 11.1 Å². The first-order valence-corrected chi connectivity index (χ1v) is 9.94. The highest BCUT2D eigenvalue weighted by atomic mass is 19.1. The Morgan fingerprint density at radius 2 is 1.55 bits per heavy atom. The molecule has 5 heteroatoms. The van der Waals surface area contributed by atoms with Crippen LogP contribution >= 0.6 is 0 Å². The van der Waals surface area contributed by atoms with Crippen LogP contribution in [0.2, 0.25) is 0 Å². The van der Waals surface area contributed by atoms with E-state index in [-0.39, 0.29) is 18.3 Å². The minimum Gasteiger partial charge on any atom is -0.494 e. The molecule has 0 amide bonds. The molecule has 2 aromatic carbocycles. The first-order chi connectivity index (χ1) is 14.7. The lowest BCUT2D eigenvalue weighted by atomic mass is 9.97. The number of rotatable bonds is 11. The molecule has 0 radical (unpaired) electrons. The van der Waals surface area contributed by atoms with E-state index >= 15 is 0 Å². The van der Waals surface area contributed by atoms with Crippen molar-refractivity contribution in [1.82, 2.24) is 0 Å². The Hall–Kier alpha value is -3.34. The fourth-order valence-corrected chi connectivity index (χ4v) is 2.84. The molecule has 0 fully saturated rings. The SMILES string of the molecule is C=C(C)C(=C)OCC(COC(=O)C(=C)C)Cc1ccc(-c2ccc(OC)c(F)c2)cc1. The van der Waals surface area contributed by atoms with Gasteiger partial charge in [0.25, 0.3) is 0 Å². The lowest BCUT2D eigenvalue weighted by Crippen LogP contribution is -2.21. The zero-order valence-electron chi connectivity index (χ0n) is 18.4. The van der Waals surface area contributed by atoms with Crippen LogP contribution in [0.4, 0.5) is 4.39 Å². The first kappa shape index (κ1) is 23.9. The van der Waals surface area contributed by atoms with Gasteiger partial charge < -0.3 is 14.2 Å². The van der Waals surface area contributed by atoms with Gasteiger partial charge in [-0.15, -0.1) is 0 Å². The molecular formula is C26H29FO4. The number of hydrogen-bond donors (Lipinski definition) is 0. The Morgan fingerprint density at radius 3 is 2.10 bits per heavy atom. The van der Waals surface area contributed by atoms with Crippen LogP contribution in [0.1, 0.15) is 19.4 Å². The summed E-state index contributed by atoms with van der Waals surface area (Å²) in [5.74, 6) is -0.195. The van der Waals surface area contributed by atoms with E-state index in [1.54, 1.807) is 13.0 Å². The molecule has 0 bridgehead atoms. The quantitative estimate of drug-likeness (QED) is 0.195. The molecule has 4 nitrogen and oxygen atoms in total. The van der Waals surface area contributed by atoms with E-state index in [1.165, 1.54) is 13.2 Å². The highest BCUT2D eigenvalue weighted by Gasteiger charge is 2.16. The number of carbonyl (C=O) groups is 1. The van der Waals surface area contributed by atoms with Crippen molar-refractivity contribution in [1.29, 1.82) is 0 Å². The highest BCUT2D eigenvalue weighted by Crippen LogP contribution is 2.26. The van der Waals surface area contributed by atoms with Gasteiger partial charge >= 0.3 is 5.97 Å². The van der Waals surface area contributed by atoms with Crippen LogP contribution in [-0.4, -0.2) is 26.3 Å². The lowest BCUT2D eigenvalue weighted by molar-refractivity contribution is -0.140. The van der Waals surface area contributed by atoms with Crippen molar-refractivity contribution in [3.8, 4) is 16.9 Å². The zero-order valence-corrected chi connectivity index (χ0v) is 18.4. The fraction of sp³-hybridized carbons (Fsp3) is 0.269. The molecule has 0 aromatic heterocycles. The molecule has 2 rings (SSSR count). The van der Waals surface area contributed by atoms with Gasteiger partial charge in [-0.05, 0) is 54.7 Å². The maximum atomic E-state index is 14.0. The first-order valence-electron chi connectivity index (χ1n) is 9.94. The molecule has 1 atom stereocenters. The number of halogens is 1. The predicted molar refractivity (Wildman–Crippen MR) is 121 cm³/mol. The van der Waals surface area contributed by atoms with E-state index in [4.69, 9.17) is 14.2 Å². The second-order valence-corrected chi connectivity index (χ2v) is 7.51. The smallest absolute Gasteiger partial charge is 0.333 e. The van der Waals surface area contributed by atoms with Crippen molar-refractivity contribution in [3.05, 3.63) is 90.5 Å². The predicted octanol–water partition coefficient (Wildman–Crippen LogP) is 5.89. The average Bonchev–Trinajstić information content (AvgIpc) is 2.75. The summed E-state index contributed by atoms with van der Waals surface area (Å²) in [6, 6.07) is 12.7. The van der Waals surface area contributed by atoms with Gasteiger partial charge in [-0.3, -0.25) is 0 Å². The molecule has 0 aliphatic rings. The number of allylic oxidation sites excluding steroid dienone is 1. The molecule has 1 unspecified atom stereocenters. The Morgan fingerprint density at radius 1 is 0.935 bits per heavy atom. The van der Waals surface area contributed by atoms with Gasteiger partial charge in [0, 0.05) is 11.5 Å². The molecule has 164 valence electrons. The zero-order chi connectivity index (χ0) is 23.0. The fourth-order valence-electron chi connectivity index (χ4n) is 2.84. The number of carbonyl (C=O) groups excluding carboxylic acids is 1. The summed E-state index contributed by atoms with van der Waals surface area (Å²) >= 11 is 0. The average molecular weight is 425 g/mol. The number of esters is 1. The second-order valence-electron chi connectivity index (χ2n) is 7.51. The largest absolute Gasteiger partial charge is 0.494 e. The van der Waals surface area contributed by atoms with Gasteiger partial charge in [0.05, 0.1) is 20.3 Å². The van der Waals surface area contributed by atoms with Crippen LogP contribution in [0, 0.1) is 11.7 Å². The van der Waals surface area contributed by atoms with Crippen molar-refractivity contribution in [2.24, 2.45) is 5.92 Å². The monoisotopic (exact) mass is 424 g/mol. The van der Waals surface area contributed by atoms with Crippen molar-refractivity contribution in [2.45, 2.75) is 20.3 Å². The number of benzene rings is 2. The summed E-state index contributed by atoms with van der Waals surface area (Å²) in [4.78, 5) is 11.8. The Bertz CT molecular complexity index is 930. The molecule has 0 aliphatic carbocycles. The third-order valence-corrected chi connectivity index (χ3v) is 4.73. The van der Waals surface area contributed by atoms with E-state index in [0.717, 1.165) is 22.3 Å². The highest BCUT2D eigenvalue weighted by molar-refractivity contribution is 5.86. The number of methoxy groups -OCH3 is 1. The molecule has 0 saturated heterocycles. The van der Waals surface area contributed by atoms with Crippen LogP contribution in [0.3, 0.4) is 0 Å². The molecule has 0 aliphatic heterocycles. The van der Waals surface area contributed by atoms with Crippen molar-refractivity contribution >= 4 is 5.97 Å². The van der Waals surface area contributed by atoms with Gasteiger partial charge in [-0.25, -0.2) is 9.18 Å². The number of hydrogen-bond acceptors (Lipinski definition) is 4. The van der Waals surface area contributed by atoms with Crippen LogP contribution in [-0.2, 0) is 20.7 Å². The molecule has 0 spiro atoms. The van der Waals surface area contributed by atoms with Gasteiger partial charge in [-0.1, -0.05) is 50.1 Å². The van der Waals surface area contributed by atoms with Crippen molar-refractivity contribution < 1.29 is 23.4 Å². The van der Waals surface area contributed by atoms with Crippen molar-refractivity contribution in [3.63, 3.8) is 0 Å². The van der Waals surface area contributed by atoms with E-state index in [1.807, 2.05) is 37.3 Å². The standard InChI is InChI=1S/C26H29FO4/c1-17(2)19(5)30-15-21(16-31-26(28)18(3)4)13-20-7-9-22(10-8-20)23-11-12-25(29-6)24(27)14-23/h7-12,14,21H,1,3,5,13,15-16H2,2,4,6H3. The number of ether oxygens (including phenoxy) is 3. The van der Waals surface area contributed by atoms with Gasteiger partial charge in [-0.2, -0.15) is 0 Å². The summed E-state index contributed by atoms with van der Waals surface area (Å²) in [7, 11) is 1.44. The second kappa shape index (κ2) is 11.2. The molecule has 0 heterocycles. The third-order valence-electron chi connectivity index (χ3n) is 4.73. The van der Waals surface area contributed by atoms with E-state index < -0.39 is 11.8 Å². The van der Waals surface area contributed by atoms with Crippen molar-refractivity contribution in [2.75, 3.05) is 20.3 Å². The summed E-state index contributed by atoms with van der Waals surface area (Å²) in [5, 5.41) is 0. The molecule has 31 heavy (non-hydrogen) atoms. The summed E-state index contributed by atoms with van der Waals surface area (Å²) in [5.41, 5.74) is 3.79. The maximum absolute atomic E-state index is 14.0. The molecule has 2 aromatic rings. The van der Waals surface area contributed by atoms with Crippen LogP contribution in [0.15, 0.2) is 79.1 Å². The summed E-state index contributed by atoms with van der Waals surface area (Å²) < 4.78 is 30.0. The lowest BCUT2D eigenvalue weighted by Gasteiger charge is -2.19. The van der Waals surface area contributed by atoms with E-state index in [0.29, 0.717) is 24.4 Å². The third kappa shape index (κ3) is 7.14. The van der Waals surface area contributed by atoms with Gasteiger partial charge in [0.1, 0.15) is 5.76 Å². The van der Waals surface area contributed by atoms with E-state index in [9.17, 15) is 9.18 Å². The Balaban J connectivity index is 2.10. The van der Waals surface area contributed by atoms with E-state index in [2.05, 4.69) is 19.7 Å². The Labute approximate surface area is 183 Å². The molecular weight excluding hydrogens is 395 g/mol. The van der Waals surface area contributed by atoms with Crippen LogP contribution in [0.5, 0.6) is 5.75 Å². The van der Waals surface area contributed by atoms with Gasteiger partial charge in [0.15, 0.2) is 11.6 Å². The van der Waals surface area contributed by atoms with Crippen LogP contribution < -0.4 is 4.74 Å².